The van der Waals surface area contributed by atoms with Crippen LogP contribution in [0.15, 0.2) is 42.5 Å². The van der Waals surface area contributed by atoms with Crippen molar-refractivity contribution in [1.29, 1.82) is 0 Å². The van der Waals surface area contributed by atoms with Gasteiger partial charge < -0.3 is 16.0 Å². The lowest BCUT2D eigenvalue weighted by Crippen LogP contribution is -2.24. The summed E-state index contributed by atoms with van der Waals surface area (Å²) >= 11 is 0. The van der Waals surface area contributed by atoms with Crippen molar-refractivity contribution in [3.8, 4) is 0 Å². The molecule has 2 aromatic carbocycles. The van der Waals surface area contributed by atoms with Gasteiger partial charge in [-0.05, 0) is 49.3 Å². The Kier molecular flexibility index (Phi) is 5.77. The van der Waals surface area contributed by atoms with Crippen molar-refractivity contribution >= 4 is 11.6 Å². The molecule has 4 nitrogen and oxygen atoms in total. The highest BCUT2D eigenvalue weighted by atomic mass is 16.1. The van der Waals surface area contributed by atoms with E-state index in [4.69, 9.17) is 5.73 Å². The molecule has 0 saturated heterocycles. The van der Waals surface area contributed by atoms with Crippen molar-refractivity contribution in [3.63, 3.8) is 0 Å². The molecule has 0 unspecified atom stereocenters. The summed E-state index contributed by atoms with van der Waals surface area (Å²) in [4.78, 5) is 14.6. The van der Waals surface area contributed by atoms with Gasteiger partial charge >= 0.3 is 0 Å². The molecule has 0 heterocycles. The Balaban J connectivity index is 2.01. The molecule has 0 aliphatic heterocycles. The van der Waals surface area contributed by atoms with Crippen molar-refractivity contribution in [1.82, 2.24) is 10.2 Å². The zero-order valence-corrected chi connectivity index (χ0v) is 14.1. The maximum atomic E-state index is 12.3. The lowest BCUT2D eigenvalue weighted by Gasteiger charge is -2.14. The van der Waals surface area contributed by atoms with Crippen LogP contribution in [0.5, 0.6) is 0 Å². The van der Waals surface area contributed by atoms with Gasteiger partial charge in [-0.2, -0.15) is 0 Å². The van der Waals surface area contributed by atoms with Crippen molar-refractivity contribution in [2.24, 2.45) is 0 Å². The molecular formula is C19H25N3O. The average molecular weight is 311 g/mol. The molecule has 0 atom stereocenters. The van der Waals surface area contributed by atoms with Crippen LogP contribution in [0.1, 0.15) is 34.0 Å². The number of carbonyl (C=O) groups is 1. The number of nitrogens with one attached hydrogen (secondary N) is 1. The van der Waals surface area contributed by atoms with Gasteiger partial charge in [0.25, 0.3) is 5.91 Å². The van der Waals surface area contributed by atoms with E-state index in [1.165, 1.54) is 5.56 Å². The number of anilines is 1. The van der Waals surface area contributed by atoms with Gasteiger partial charge in [0.1, 0.15) is 0 Å². The third kappa shape index (κ3) is 4.83. The molecule has 23 heavy (non-hydrogen) atoms. The standard InChI is InChI=1S/C19H25N3O/c1-4-22(3)13-16-7-5-6-15(10-16)12-21-19(23)18-11-17(20)9-8-14(18)2/h5-11H,4,12-13,20H2,1-3H3,(H,21,23). The van der Waals surface area contributed by atoms with Gasteiger partial charge in [0.15, 0.2) is 0 Å². The normalized spacial score (nSPS) is 10.8. The third-order valence-electron chi connectivity index (χ3n) is 3.94. The second-order valence-corrected chi connectivity index (χ2v) is 5.91. The molecule has 3 N–H and O–H groups in total. The van der Waals surface area contributed by atoms with Gasteiger partial charge in [-0.15, -0.1) is 0 Å². The van der Waals surface area contributed by atoms with Crippen LogP contribution < -0.4 is 11.1 Å². The Morgan fingerprint density at radius 2 is 1.91 bits per heavy atom. The predicted molar refractivity (Wildman–Crippen MR) is 95.2 cm³/mol. The van der Waals surface area contributed by atoms with E-state index in [1.54, 1.807) is 12.1 Å². The van der Waals surface area contributed by atoms with Crippen molar-refractivity contribution < 1.29 is 4.79 Å². The molecule has 0 bridgehead atoms. The van der Waals surface area contributed by atoms with Crippen LogP contribution in [0.25, 0.3) is 0 Å². The maximum absolute atomic E-state index is 12.3. The SMILES string of the molecule is CCN(C)Cc1cccc(CNC(=O)c2cc(N)ccc2C)c1. The minimum Gasteiger partial charge on any atom is -0.399 e. The van der Waals surface area contributed by atoms with E-state index >= 15 is 0 Å². The van der Waals surface area contributed by atoms with Crippen LogP contribution >= 0.6 is 0 Å². The monoisotopic (exact) mass is 311 g/mol. The van der Waals surface area contributed by atoms with Gasteiger partial charge in [-0.3, -0.25) is 4.79 Å². The Morgan fingerprint density at radius 3 is 2.65 bits per heavy atom. The van der Waals surface area contributed by atoms with E-state index in [9.17, 15) is 4.79 Å². The van der Waals surface area contributed by atoms with Gasteiger partial charge in [-0.25, -0.2) is 0 Å². The van der Waals surface area contributed by atoms with Crippen molar-refractivity contribution in [3.05, 3.63) is 64.7 Å². The first kappa shape index (κ1) is 17.0. The third-order valence-corrected chi connectivity index (χ3v) is 3.94. The van der Waals surface area contributed by atoms with E-state index in [-0.39, 0.29) is 5.91 Å². The van der Waals surface area contributed by atoms with Crippen LogP contribution in [-0.2, 0) is 13.1 Å². The summed E-state index contributed by atoms with van der Waals surface area (Å²) in [5.74, 6) is -0.0918. The minimum absolute atomic E-state index is 0.0918. The summed E-state index contributed by atoms with van der Waals surface area (Å²) in [6, 6.07) is 13.7. The Bertz CT molecular complexity index is 682. The number of hydrogen-bond acceptors (Lipinski definition) is 3. The molecule has 1 amide bonds. The maximum Gasteiger partial charge on any atom is 0.251 e. The molecule has 0 fully saturated rings. The number of hydrogen-bond donors (Lipinski definition) is 2. The molecule has 2 aromatic rings. The summed E-state index contributed by atoms with van der Waals surface area (Å²) in [7, 11) is 2.09. The predicted octanol–water partition coefficient (Wildman–Crippen LogP) is 2.96. The van der Waals surface area contributed by atoms with Crippen LogP contribution in [0.3, 0.4) is 0 Å². The average Bonchev–Trinajstić information content (AvgIpc) is 2.55. The Labute approximate surface area is 138 Å². The molecule has 0 saturated carbocycles. The number of carbonyl (C=O) groups excluding carboxylic acids is 1. The largest absolute Gasteiger partial charge is 0.399 e. The second kappa shape index (κ2) is 7.79. The van der Waals surface area contributed by atoms with Crippen molar-refractivity contribution in [2.75, 3.05) is 19.3 Å². The number of amides is 1. The van der Waals surface area contributed by atoms with Gasteiger partial charge in [-0.1, -0.05) is 37.3 Å². The first-order valence-electron chi connectivity index (χ1n) is 7.90. The number of aryl methyl sites for hydroxylation is 1. The number of nitrogens with zero attached hydrogens (tertiary/aromatic N) is 1. The summed E-state index contributed by atoms with van der Waals surface area (Å²) in [5, 5.41) is 2.97. The van der Waals surface area contributed by atoms with Crippen LogP contribution in [0.2, 0.25) is 0 Å². The lowest BCUT2D eigenvalue weighted by molar-refractivity contribution is 0.0950. The number of nitrogen functional groups attached to an aromatic ring is 1. The second-order valence-electron chi connectivity index (χ2n) is 5.91. The fourth-order valence-corrected chi connectivity index (χ4v) is 2.42. The molecule has 0 spiro atoms. The van der Waals surface area contributed by atoms with Crippen LogP contribution in [-0.4, -0.2) is 24.4 Å². The van der Waals surface area contributed by atoms with Crippen molar-refractivity contribution in [2.45, 2.75) is 26.9 Å². The number of rotatable bonds is 6. The fraction of sp³-hybridized carbons (Fsp3) is 0.316. The van der Waals surface area contributed by atoms with E-state index in [0.29, 0.717) is 17.8 Å². The molecule has 0 aromatic heterocycles. The minimum atomic E-state index is -0.0918. The summed E-state index contributed by atoms with van der Waals surface area (Å²) in [5.41, 5.74) is 10.3. The molecule has 0 radical (unpaired) electrons. The first-order chi connectivity index (χ1) is 11.0. The van der Waals surface area contributed by atoms with Gasteiger partial charge in [0.2, 0.25) is 0 Å². The number of nitrogens with two attached hydrogens (primary N) is 1. The topological polar surface area (TPSA) is 58.4 Å². The fourth-order valence-electron chi connectivity index (χ4n) is 2.42. The summed E-state index contributed by atoms with van der Waals surface area (Å²) < 4.78 is 0. The first-order valence-corrected chi connectivity index (χ1v) is 7.90. The molecule has 122 valence electrons. The summed E-state index contributed by atoms with van der Waals surface area (Å²) in [6.07, 6.45) is 0. The van der Waals surface area contributed by atoms with E-state index < -0.39 is 0 Å². The molecule has 0 aliphatic rings. The van der Waals surface area contributed by atoms with Crippen LogP contribution in [0, 0.1) is 6.92 Å². The van der Waals surface area contributed by atoms with Gasteiger partial charge in [0.05, 0.1) is 0 Å². The highest BCUT2D eigenvalue weighted by Crippen LogP contribution is 2.13. The van der Waals surface area contributed by atoms with E-state index in [1.807, 2.05) is 25.1 Å². The molecule has 0 aliphatic carbocycles. The molecule has 4 heteroatoms. The molecular weight excluding hydrogens is 286 g/mol. The molecule has 2 rings (SSSR count). The summed E-state index contributed by atoms with van der Waals surface area (Å²) in [6.45, 7) is 6.48. The quantitative estimate of drug-likeness (QED) is 0.806. The van der Waals surface area contributed by atoms with E-state index in [2.05, 4.69) is 36.3 Å². The highest BCUT2D eigenvalue weighted by molar-refractivity contribution is 5.96. The highest BCUT2D eigenvalue weighted by Gasteiger charge is 2.09. The van der Waals surface area contributed by atoms with E-state index in [0.717, 1.165) is 24.2 Å². The Morgan fingerprint density at radius 1 is 1.17 bits per heavy atom. The lowest BCUT2D eigenvalue weighted by atomic mass is 10.1. The number of benzene rings is 2. The zero-order chi connectivity index (χ0) is 16.8. The van der Waals surface area contributed by atoms with Gasteiger partial charge in [0, 0.05) is 24.3 Å². The van der Waals surface area contributed by atoms with Crippen LogP contribution in [0.4, 0.5) is 5.69 Å². The smallest absolute Gasteiger partial charge is 0.251 e. The zero-order valence-electron chi connectivity index (χ0n) is 14.1. The Hall–Kier alpha value is -2.33.